The molecule has 1 heterocycles. The number of benzene rings is 3. The zero-order chi connectivity index (χ0) is 22.7. The number of halogens is 1. The first-order chi connectivity index (χ1) is 15.3. The number of hydrogen-bond acceptors (Lipinski definition) is 6. The molecule has 2 N–H and O–H groups in total. The van der Waals surface area contributed by atoms with Crippen molar-refractivity contribution in [2.24, 2.45) is 0 Å². The topological polar surface area (TPSA) is 101 Å². The van der Waals surface area contributed by atoms with E-state index >= 15 is 0 Å². The second kappa shape index (κ2) is 9.15. The summed E-state index contributed by atoms with van der Waals surface area (Å²) in [6.45, 7) is 1.38. The summed E-state index contributed by atoms with van der Waals surface area (Å²) in [5.74, 6) is -0.147. The molecule has 0 bridgehead atoms. The highest BCUT2D eigenvalue weighted by molar-refractivity contribution is 7.99. The Morgan fingerprint density at radius 3 is 2.19 bits per heavy atom. The van der Waals surface area contributed by atoms with Gasteiger partial charge in [0.2, 0.25) is 5.91 Å². The Balaban J connectivity index is 1.72. The number of nitrogens with one attached hydrogen (secondary N) is 2. The molecule has 0 saturated carbocycles. The van der Waals surface area contributed by atoms with E-state index in [1.165, 1.54) is 43.0 Å². The van der Waals surface area contributed by atoms with Crippen LogP contribution in [0.2, 0.25) is 5.02 Å². The molecule has 4 rings (SSSR count). The van der Waals surface area contributed by atoms with Gasteiger partial charge in [0.25, 0.3) is 10.0 Å². The zero-order valence-corrected chi connectivity index (χ0v) is 19.1. The largest absolute Gasteiger partial charge is 0.326 e. The summed E-state index contributed by atoms with van der Waals surface area (Å²) in [6.07, 6.45) is 0. The minimum Gasteiger partial charge on any atom is -0.326 e. The van der Waals surface area contributed by atoms with Crippen LogP contribution in [0.3, 0.4) is 0 Å². The van der Waals surface area contributed by atoms with E-state index in [0.717, 1.165) is 4.90 Å². The average Bonchev–Trinajstić information content (AvgIpc) is 2.75. The number of anilines is 2. The number of carbonyl (C=O) groups excluding carboxylic acids is 1. The standard InChI is InChI=1S/C22H17ClN4O3S2/c1-14(28)24-15-10-12-16(13-11-15)32(29,30)27-21-22(31-20-9-5-2-6-17(20)23)26-19-8-4-3-7-18(19)25-21/h2-13H,1H3,(H,24,28)(H,25,27). The first-order valence-corrected chi connectivity index (χ1v) is 12.1. The minimum absolute atomic E-state index is 0.0234. The summed E-state index contributed by atoms with van der Waals surface area (Å²) in [6, 6.07) is 20.3. The van der Waals surface area contributed by atoms with Crippen molar-refractivity contribution in [1.82, 2.24) is 9.97 Å². The van der Waals surface area contributed by atoms with Crippen LogP contribution in [0.5, 0.6) is 0 Å². The fraction of sp³-hybridized carbons (Fsp3) is 0.0455. The summed E-state index contributed by atoms with van der Waals surface area (Å²) >= 11 is 7.51. The molecular weight excluding hydrogens is 468 g/mol. The highest BCUT2D eigenvalue weighted by Crippen LogP contribution is 2.36. The Kier molecular flexibility index (Phi) is 6.31. The Morgan fingerprint density at radius 1 is 0.906 bits per heavy atom. The van der Waals surface area contributed by atoms with Crippen LogP contribution in [0, 0.1) is 0 Å². The van der Waals surface area contributed by atoms with Crippen LogP contribution < -0.4 is 10.0 Å². The van der Waals surface area contributed by atoms with Crippen molar-refractivity contribution in [3.63, 3.8) is 0 Å². The Hall–Kier alpha value is -3.14. The maximum absolute atomic E-state index is 13.0. The van der Waals surface area contributed by atoms with E-state index in [1.807, 2.05) is 24.3 Å². The smallest absolute Gasteiger partial charge is 0.263 e. The fourth-order valence-corrected chi connectivity index (χ4v) is 5.04. The molecule has 0 aliphatic carbocycles. The molecule has 0 fully saturated rings. The van der Waals surface area contributed by atoms with Gasteiger partial charge < -0.3 is 5.32 Å². The molecule has 0 spiro atoms. The number of para-hydroxylation sites is 2. The SMILES string of the molecule is CC(=O)Nc1ccc(S(=O)(=O)Nc2nc3ccccc3nc2Sc2ccccc2Cl)cc1. The van der Waals surface area contributed by atoms with E-state index in [0.29, 0.717) is 26.8 Å². The average molecular weight is 485 g/mol. The van der Waals surface area contributed by atoms with Gasteiger partial charge in [0.1, 0.15) is 5.03 Å². The van der Waals surface area contributed by atoms with Crippen molar-refractivity contribution < 1.29 is 13.2 Å². The molecule has 162 valence electrons. The fourth-order valence-electron chi connectivity index (χ4n) is 2.86. The third-order valence-corrected chi connectivity index (χ3v) is 7.15. The first kappa shape index (κ1) is 22.1. The Morgan fingerprint density at radius 2 is 1.53 bits per heavy atom. The number of aromatic nitrogens is 2. The van der Waals surface area contributed by atoms with Crippen LogP contribution in [0.1, 0.15) is 6.92 Å². The molecule has 0 aliphatic heterocycles. The Bertz CT molecular complexity index is 1410. The highest BCUT2D eigenvalue weighted by Gasteiger charge is 2.20. The second-order valence-electron chi connectivity index (χ2n) is 6.71. The van der Waals surface area contributed by atoms with Crippen molar-refractivity contribution in [3.05, 3.63) is 77.8 Å². The zero-order valence-electron chi connectivity index (χ0n) is 16.7. The third kappa shape index (κ3) is 5.01. The van der Waals surface area contributed by atoms with Gasteiger partial charge in [0.15, 0.2) is 5.82 Å². The second-order valence-corrected chi connectivity index (χ2v) is 9.83. The number of hydrogen-bond donors (Lipinski definition) is 2. The summed E-state index contributed by atoms with van der Waals surface area (Å²) in [5, 5.41) is 3.50. The van der Waals surface area contributed by atoms with Crippen LogP contribution >= 0.6 is 23.4 Å². The molecule has 0 atom stereocenters. The van der Waals surface area contributed by atoms with Gasteiger partial charge in [-0.25, -0.2) is 18.4 Å². The van der Waals surface area contributed by atoms with Gasteiger partial charge in [-0.15, -0.1) is 0 Å². The first-order valence-electron chi connectivity index (χ1n) is 9.41. The maximum atomic E-state index is 13.0. The van der Waals surface area contributed by atoms with Gasteiger partial charge in [-0.3, -0.25) is 9.52 Å². The van der Waals surface area contributed by atoms with E-state index in [-0.39, 0.29) is 16.6 Å². The molecule has 10 heteroatoms. The van der Waals surface area contributed by atoms with Crippen molar-refractivity contribution in [2.45, 2.75) is 21.7 Å². The lowest BCUT2D eigenvalue weighted by molar-refractivity contribution is -0.114. The van der Waals surface area contributed by atoms with Crippen LogP contribution in [-0.2, 0) is 14.8 Å². The monoisotopic (exact) mass is 484 g/mol. The predicted octanol–water partition coefficient (Wildman–Crippen LogP) is 5.19. The van der Waals surface area contributed by atoms with Gasteiger partial charge in [-0.2, -0.15) is 0 Å². The van der Waals surface area contributed by atoms with Crippen molar-refractivity contribution in [1.29, 1.82) is 0 Å². The molecule has 0 unspecified atom stereocenters. The third-order valence-electron chi connectivity index (χ3n) is 4.30. The lowest BCUT2D eigenvalue weighted by atomic mass is 10.3. The normalized spacial score (nSPS) is 11.3. The van der Waals surface area contributed by atoms with E-state index < -0.39 is 10.0 Å². The van der Waals surface area contributed by atoms with Gasteiger partial charge in [-0.05, 0) is 48.5 Å². The van der Waals surface area contributed by atoms with Gasteiger partial charge in [0.05, 0.1) is 21.0 Å². The van der Waals surface area contributed by atoms with Crippen LogP contribution in [0.15, 0.2) is 87.6 Å². The van der Waals surface area contributed by atoms with Gasteiger partial charge in [0, 0.05) is 17.5 Å². The molecule has 0 saturated heterocycles. The molecule has 32 heavy (non-hydrogen) atoms. The number of rotatable bonds is 6. The molecular formula is C22H17ClN4O3S2. The number of fused-ring (bicyclic) bond motifs is 1. The van der Waals surface area contributed by atoms with E-state index in [9.17, 15) is 13.2 Å². The number of sulfonamides is 1. The summed E-state index contributed by atoms with van der Waals surface area (Å²) in [7, 11) is -3.96. The number of nitrogens with zero attached hydrogens (tertiary/aromatic N) is 2. The van der Waals surface area contributed by atoms with Crippen LogP contribution in [-0.4, -0.2) is 24.3 Å². The molecule has 4 aromatic rings. The van der Waals surface area contributed by atoms with E-state index in [4.69, 9.17) is 11.6 Å². The van der Waals surface area contributed by atoms with E-state index in [1.54, 1.807) is 24.3 Å². The van der Waals surface area contributed by atoms with Crippen LogP contribution in [0.4, 0.5) is 11.5 Å². The van der Waals surface area contributed by atoms with Crippen LogP contribution in [0.25, 0.3) is 11.0 Å². The van der Waals surface area contributed by atoms with Crippen molar-refractivity contribution >= 4 is 61.8 Å². The summed E-state index contributed by atoms with van der Waals surface area (Å²) in [4.78, 5) is 21.0. The number of amides is 1. The molecule has 3 aromatic carbocycles. The van der Waals surface area contributed by atoms with E-state index in [2.05, 4.69) is 20.0 Å². The van der Waals surface area contributed by atoms with Gasteiger partial charge >= 0.3 is 0 Å². The maximum Gasteiger partial charge on any atom is 0.263 e. The Labute approximate surface area is 194 Å². The lowest BCUT2D eigenvalue weighted by Gasteiger charge is -2.13. The summed E-state index contributed by atoms with van der Waals surface area (Å²) < 4.78 is 28.6. The minimum atomic E-state index is -3.96. The highest BCUT2D eigenvalue weighted by atomic mass is 35.5. The number of carbonyl (C=O) groups is 1. The molecule has 0 radical (unpaired) electrons. The molecule has 7 nitrogen and oxygen atoms in total. The quantitative estimate of drug-likeness (QED) is 0.390. The van der Waals surface area contributed by atoms with Gasteiger partial charge in [-0.1, -0.05) is 47.6 Å². The molecule has 1 aromatic heterocycles. The summed E-state index contributed by atoms with van der Waals surface area (Å²) in [5.41, 5.74) is 1.68. The lowest BCUT2D eigenvalue weighted by Crippen LogP contribution is -2.15. The predicted molar refractivity (Wildman–Crippen MR) is 127 cm³/mol. The molecule has 1 amide bonds. The molecule has 0 aliphatic rings. The van der Waals surface area contributed by atoms with Crippen molar-refractivity contribution in [3.8, 4) is 0 Å². The van der Waals surface area contributed by atoms with Crippen molar-refractivity contribution in [2.75, 3.05) is 10.0 Å².